The second-order valence-electron chi connectivity index (χ2n) is 4.46. The zero-order valence-electron chi connectivity index (χ0n) is 11.4. The fraction of sp³-hybridized carbons (Fsp3) is 0.200. The van der Waals surface area contributed by atoms with Crippen molar-refractivity contribution in [2.45, 2.75) is 6.54 Å². The van der Waals surface area contributed by atoms with Gasteiger partial charge < -0.3 is 10.2 Å². The van der Waals surface area contributed by atoms with E-state index in [1.807, 2.05) is 24.3 Å². The number of halogens is 1. The number of carbonyl (C=O) groups is 1. The van der Waals surface area contributed by atoms with Crippen LogP contribution in [0.5, 0.6) is 0 Å². The molecule has 5 heteroatoms. The van der Waals surface area contributed by atoms with E-state index in [2.05, 4.69) is 10.3 Å². The van der Waals surface area contributed by atoms with E-state index in [9.17, 15) is 4.79 Å². The Bertz CT molecular complexity index is 598. The molecular weight excluding hydrogens is 274 g/mol. The minimum atomic E-state index is -0.0719. The first-order valence-electron chi connectivity index (χ1n) is 6.23. The van der Waals surface area contributed by atoms with Crippen molar-refractivity contribution in [2.24, 2.45) is 0 Å². The predicted octanol–water partition coefficient (Wildman–Crippen LogP) is 3.05. The average Bonchev–Trinajstić information content (AvgIpc) is 2.48. The van der Waals surface area contributed by atoms with Gasteiger partial charge in [-0.05, 0) is 23.8 Å². The minimum absolute atomic E-state index is 0.0719. The molecule has 2 aromatic rings. The van der Waals surface area contributed by atoms with Crippen LogP contribution in [0, 0.1) is 0 Å². The Labute approximate surface area is 123 Å². The Balaban J connectivity index is 2.14. The molecule has 0 radical (unpaired) electrons. The van der Waals surface area contributed by atoms with Gasteiger partial charge in [0.05, 0.1) is 5.56 Å². The molecular formula is C15H16ClN3O. The maximum Gasteiger partial charge on any atom is 0.257 e. The molecule has 2 rings (SSSR count). The Kier molecular flexibility index (Phi) is 4.58. The van der Waals surface area contributed by atoms with Crippen molar-refractivity contribution < 1.29 is 4.79 Å². The predicted molar refractivity (Wildman–Crippen MR) is 81.0 cm³/mol. The second-order valence-corrected chi connectivity index (χ2v) is 4.90. The van der Waals surface area contributed by atoms with Crippen LogP contribution in [0.15, 0.2) is 42.7 Å². The molecule has 1 heterocycles. The zero-order chi connectivity index (χ0) is 14.5. The van der Waals surface area contributed by atoms with E-state index < -0.39 is 0 Å². The van der Waals surface area contributed by atoms with Crippen LogP contribution >= 0.6 is 11.6 Å². The summed E-state index contributed by atoms with van der Waals surface area (Å²) in [6, 6.07) is 9.24. The number of nitrogens with one attached hydrogen (secondary N) is 1. The summed E-state index contributed by atoms with van der Waals surface area (Å²) in [5.41, 5.74) is 2.36. The van der Waals surface area contributed by atoms with Crippen LogP contribution in [0.25, 0.3) is 0 Å². The number of hydrogen-bond acceptors (Lipinski definition) is 3. The van der Waals surface area contributed by atoms with Crippen molar-refractivity contribution in [3.63, 3.8) is 0 Å². The maximum atomic E-state index is 12.4. The molecule has 0 spiro atoms. The Morgan fingerprint density at radius 3 is 2.65 bits per heavy atom. The summed E-state index contributed by atoms with van der Waals surface area (Å²) in [5, 5.41) is 3.69. The van der Waals surface area contributed by atoms with Gasteiger partial charge in [-0.3, -0.25) is 9.78 Å². The van der Waals surface area contributed by atoms with Crippen LogP contribution in [0.2, 0.25) is 5.02 Å². The lowest BCUT2D eigenvalue weighted by atomic mass is 10.1. The molecule has 4 nitrogen and oxygen atoms in total. The molecule has 1 amide bonds. The normalized spacial score (nSPS) is 10.2. The molecule has 1 N–H and O–H groups in total. The van der Waals surface area contributed by atoms with E-state index in [-0.39, 0.29) is 5.91 Å². The van der Waals surface area contributed by atoms with Crippen molar-refractivity contribution in [1.29, 1.82) is 0 Å². The van der Waals surface area contributed by atoms with Crippen molar-refractivity contribution in [3.05, 3.63) is 58.9 Å². The monoisotopic (exact) mass is 289 g/mol. The molecule has 0 saturated carbocycles. The van der Waals surface area contributed by atoms with E-state index in [4.69, 9.17) is 11.6 Å². The van der Waals surface area contributed by atoms with Gasteiger partial charge in [0.2, 0.25) is 0 Å². The van der Waals surface area contributed by atoms with Crippen molar-refractivity contribution in [2.75, 3.05) is 19.4 Å². The Hall–Kier alpha value is -2.07. The smallest absolute Gasteiger partial charge is 0.257 e. The maximum absolute atomic E-state index is 12.4. The molecule has 0 aliphatic heterocycles. The van der Waals surface area contributed by atoms with E-state index in [0.29, 0.717) is 17.1 Å². The van der Waals surface area contributed by atoms with Gasteiger partial charge in [-0.1, -0.05) is 23.7 Å². The van der Waals surface area contributed by atoms with Crippen LogP contribution in [0.1, 0.15) is 15.9 Å². The minimum Gasteiger partial charge on any atom is -0.387 e. The van der Waals surface area contributed by atoms with Crippen LogP contribution in [-0.4, -0.2) is 29.9 Å². The van der Waals surface area contributed by atoms with Gasteiger partial charge in [-0.25, -0.2) is 0 Å². The lowest BCUT2D eigenvalue weighted by Crippen LogP contribution is -2.27. The summed E-state index contributed by atoms with van der Waals surface area (Å²) < 4.78 is 0. The third-order valence-corrected chi connectivity index (χ3v) is 3.25. The summed E-state index contributed by atoms with van der Waals surface area (Å²) in [4.78, 5) is 18.1. The van der Waals surface area contributed by atoms with Crippen LogP contribution in [0.4, 0.5) is 5.69 Å². The SMILES string of the molecule is CNc1ccncc1C(=O)N(C)Cc1ccc(Cl)cc1. The van der Waals surface area contributed by atoms with Gasteiger partial charge in [-0.2, -0.15) is 0 Å². The molecule has 1 aromatic carbocycles. The van der Waals surface area contributed by atoms with Crippen molar-refractivity contribution in [1.82, 2.24) is 9.88 Å². The highest BCUT2D eigenvalue weighted by Crippen LogP contribution is 2.17. The molecule has 0 fully saturated rings. The largest absolute Gasteiger partial charge is 0.387 e. The Morgan fingerprint density at radius 1 is 1.30 bits per heavy atom. The molecule has 20 heavy (non-hydrogen) atoms. The molecule has 0 atom stereocenters. The number of aromatic nitrogens is 1. The molecule has 0 aliphatic carbocycles. The number of nitrogens with zero attached hydrogens (tertiary/aromatic N) is 2. The zero-order valence-corrected chi connectivity index (χ0v) is 12.2. The fourth-order valence-corrected chi connectivity index (χ4v) is 2.05. The van der Waals surface area contributed by atoms with Crippen LogP contribution in [0.3, 0.4) is 0 Å². The number of benzene rings is 1. The molecule has 1 aromatic heterocycles. The lowest BCUT2D eigenvalue weighted by Gasteiger charge is -2.18. The summed E-state index contributed by atoms with van der Waals surface area (Å²) in [5.74, 6) is -0.0719. The number of hydrogen-bond donors (Lipinski definition) is 1. The van der Waals surface area contributed by atoms with Gasteiger partial charge in [0.1, 0.15) is 0 Å². The molecule has 0 bridgehead atoms. The number of carbonyl (C=O) groups excluding carboxylic acids is 1. The van der Waals surface area contributed by atoms with E-state index in [0.717, 1.165) is 11.3 Å². The first-order valence-corrected chi connectivity index (χ1v) is 6.61. The topological polar surface area (TPSA) is 45.2 Å². The summed E-state index contributed by atoms with van der Waals surface area (Å²) in [6.45, 7) is 0.522. The van der Waals surface area contributed by atoms with Gasteiger partial charge >= 0.3 is 0 Å². The molecule has 0 unspecified atom stereocenters. The number of amides is 1. The summed E-state index contributed by atoms with van der Waals surface area (Å²) >= 11 is 5.85. The van der Waals surface area contributed by atoms with Gasteiger partial charge in [0.25, 0.3) is 5.91 Å². The van der Waals surface area contributed by atoms with Gasteiger partial charge in [0.15, 0.2) is 0 Å². The highest BCUT2D eigenvalue weighted by atomic mass is 35.5. The Morgan fingerprint density at radius 2 is 2.00 bits per heavy atom. The van der Waals surface area contributed by atoms with Crippen molar-refractivity contribution in [3.8, 4) is 0 Å². The average molecular weight is 290 g/mol. The number of rotatable bonds is 4. The summed E-state index contributed by atoms with van der Waals surface area (Å²) in [6.07, 6.45) is 3.23. The first-order chi connectivity index (χ1) is 9.61. The quantitative estimate of drug-likeness (QED) is 0.941. The number of pyridine rings is 1. The van der Waals surface area contributed by atoms with Gasteiger partial charge in [-0.15, -0.1) is 0 Å². The van der Waals surface area contributed by atoms with E-state index in [1.165, 1.54) is 0 Å². The first kappa shape index (κ1) is 14.3. The standard InChI is InChI=1S/C15H16ClN3O/c1-17-14-7-8-18-9-13(14)15(20)19(2)10-11-3-5-12(16)6-4-11/h3-9H,10H2,1-2H3,(H,17,18). The van der Waals surface area contributed by atoms with Gasteiger partial charge in [0, 0.05) is 43.7 Å². The third kappa shape index (κ3) is 3.27. The molecule has 0 saturated heterocycles. The van der Waals surface area contributed by atoms with Crippen LogP contribution in [-0.2, 0) is 6.54 Å². The fourth-order valence-electron chi connectivity index (χ4n) is 1.92. The summed E-state index contributed by atoms with van der Waals surface area (Å²) in [7, 11) is 3.55. The molecule has 104 valence electrons. The highest BCUT2D eigenvalue weighted by molar-refractivity contribution is 6.30. The third-order valence-electron chi connectivity index (χ3n) is 3.00. The lowest BCUT2D eigenvalue weighted by molar-refractivity contribution is 0.0785. The molecule has 0 aliphatic rings. The van der Waals surface area contributed by atoms with E-state index >= 15 is 0 Å². The number of anilines is 1. The van der Waals surface area contributed by atoms with Crippen LogP contribution < -0.4 is 5.32 Å². The highest BCUT2D eigenvalue weighted by Gasteiger charge is 2.15. The van der Waals surface area contributed by atoms with Crippen molar-refractivity contribution >= 4 is 23.2 Å². The second kappa shape index (κ2) is 6.39. The van der Waals surface area contributed by atoms with E-state index in [1.54, 1.807) is 37.5 Å².